The third-order valence-electron chi connectivity index (χ3n) is 3.46. The Labute approximate surface area is 126 Å². The minimum atomic E-state index is -1.10. The predicted octanol–water partition coefficient (Wildman–Crippen LogP) is 0.652. The molecule has 3 N–H and O–H groups in total. The molecule has 1 heterocycles. The van der Waals surface area contributed by atoms with Gasteiger partial charge in [-0.3, -0.25) is 14.5 Å². The maximum absolute atomic E-state index is 13.5. The second-order valence-electron chi connectivity index (χ2n) is 5.02. The van der Waals surface area contributed by atoms with Crippen LogP contribution in [-0.4, -0.2) is 54.1 Å². The average Bonchev–Trinajstić information content (AvgIpc) is 2.48. The highest BCUT2D eigenvalue weighted by Crippen LogP contribution is 2.16. The van der Waals surface area contributed by atoms with Crippen LogP contribution in [0, 0.1) is 11.6 Å². The summed E-state index contributed by atoms with van der Waals surface area (Å²) in [5.74, 6) is -3.38. The highest BCUT2D eigenvalue weighted by atomic mass is 19.1. The van der Waals surface area contributed by atoms with Crippen LogP contribution in [0.2, 0.25) is 0 Å². The molecule has 0 aliphatic carbocycles. The fourth-order valence-electron chi connectivity index (χ4n) is 2.33. The molecule has 0 saturated carbocycles. The molecule has 1 amide bonds. The van der Waals surface area contributed by atoms with Gasteiger partial charge in [0, 0.05) is 32.2 Å². The quantitative estimate of drug-likeness (QED) is 0.744. The lowest BCUT2D eigenvalue weighted by Gasteiger charge is -2.32. The molecule has 2 rings (SSSR count). The SMILES string of the molecule is O=C(C[C@H](C(=O)O)N1CCNCC1)Nc1ccc(F)cc1F. The molecule has 0 spiro atoms. The molecule has 0 bridgehead atoms. The Hall–Kier alpha value is -2.06. The maximum atomic E-state index is 13.5. The lowest BCUT2D eigenvalue weighted by molar-refractivity contribution is -0.145. The van der Waals surface area contributed by atoms with Gasteiger partial charge in [-0.15, -0.1) is 0 Å². The van der Waals surface area contributed by atoms with E-state index in [0.717, 1.165) is 12.1 Å². The number of halogens is 2. The largest absolute Gasteiger partial charge is 0.480 e. The van der Waals surface area contributed by atoms with Crippen LogP contribution < -0.4 is 10.6 Å². The normalized spacial score (nSPS) is 17.0. The summed E-state index contributed by atoms with van der Waals surface area (Å²) in [6.45, 7) is 2.35. The smallest absolute Gasteiger partial charge is 0.321 e. The van der Waals surface area contributed by atoms with Crippen LogP contribution >= 0.6 is 0 Å². The van der Waals surface area contributed by atoms with E-state index in [2.05, 4.69) is 10.6 Å². The summed E-state index contributed by atoms with van der Waals surface area (Å²) < 4.78 is 26.3. The third kappa shape index (κ3) is 4.22. The van der Waals surface area contributed by atoms with Crippen molar-refractivity contribution < 1.29 is 23.5 Å². The van der Waals surface area contributed by atoms with Crippen molar-refractivity contribution >= 4 is 17.6 Å². The van der Waals surface area contributed by atoms with Gasteiger partial charge in [0.1, 0.15) is 17.7 Å². The zero-order chi connectivity index (χ0) is 16.1. The zero-order valence-corrected chi connectivity index (χ0v) is 11.8. The number of hydrogen-bond acceptors (Lipinski definition) is 4. The summed E-state index contributed by atoms with van der Waals surface area (Å²) in [5, 5.41) is 14.6. The van der Waals surface area contributed by atoms with Gasteiger partial charge in [0.2, 0.25) is 5.91 Å². The molecule has 1 aromatic rings. The highest BCUT2D eigenvalue weighted by molar-refractivity contribution is 5.94. The molecule has 22 heavy (non-hydrogen) atoms. The predicted molar refractivity (Wildman–Crippen MR) is 75.5 cm³/mol. The van der Waals surface area contributed by atoms with Crippen molar-refractivity contribution in [2.75, 3.05) is 31.5 Å². The van der Waals surface area contributed by atoms with Crippen molar-refractivity contribution in [2.24, 2.45) is 0 Å². The molecule has 1 aromatic carbocycles. The second kappa shape index (κ2) is 7.28. The van der Waals surface area contributed by atoms with Crippen molar-refractivity contribution in [1.82, 2.24) is 10.2 Å². The summed E-state index contributed by atoms with van der Waals surface area (Å²) in [5.41, 5.74) is -0.171. The van der Waals surface area contributed by atoms with Gasteiger partial charge in [-0.25, -0.2) is 8.78 Å². The van der Waals surface area contributed by atoms with E-state index >= 15 is 0 Å². The van der Waals surface area contributed by atoms with Crippen molar-refractivity contribution in [1.29, 1.82) is 0 Å². The van der Waals surface area contributed by atoms with Gasteiger partial charge in [-0.05, 0) is 12.1 Å². The zero-order valence-electron chi connectivity index (χ0n) is 11.8. The number of rotatable bonds is 5. The lowest BCUT2D eigenvalue weighted by atomic mass is 10.1. The molecule has 1 saturated heterocycles. The summed E-state index contributed by atoms with van der Waals surface area (Å²) in [7, 11) is 0. The summed E-state index contributed by atoms with van der Waals surface area (Å²) in [6, 6.07) is 1.80. The fraction of sp³-hybridized carbons (Fsp3) is 0.429. The maximum Gasteiger partial charge on any atom is 0.321 e. The van der Waals surface area contributed by atoms with Crippen LogP contribution in [0.5, 0.6) is 0 Å². The van der Waals surface area contributed by atoms with E-state index in [1.165, 1.54) is 0 Å². The Morgan fingerprint density at radius 2 is 2.00 bits per heavy atom. The van der Waals surface area contributed by atoms with E-state index in [0.29, 0.717) is 32.2 Å². The molecule has 8 heteroatoms. The van der Waals surface area contributed by atoms with Gasteiger partial charge >= 0.3 is 5.97 Å². The molecule has 1 fully saturated rings. The standard InChI is InChI=1S/C14H17F2N3O3/c15-9-1-2-11(10(16)7-9)18-13(20)8-12(14(21)22)19-5-3-17-4-6-19/h1-2,7,12,17H,3-6,8H2,(H,18,20)(H,21,22)/t12-/m1/s1. The molecule has 6 nitrogen and oxygen atoms in total. The van der Waals surface area contributed by atoms with Gasteiger partial charge in [-0.2, -0.15) is 0 Å². The Balaban J connectivity index is 2.00. The van der Waals surface area contributed by atoms with Crippen LogP contribution in [0.3, 0.4) is 0 Å². The van der Waals surface area contributed by atoms with Crippen LogP contribution in [-0.2, 0) is 9.59 Å². The fourth-order valence-corrected chi connectivity index (χ4v) is 2.33. The summed E-state index contributed by atoms with van der Waals surface area (Å²) in [4.78, 5) is 25.0. The van der Waals surface area contributed by atoms with E-state index in [1.807, 2.05) is 0 Å². The number of piperazine rings is 1. The molecular formula is C14H17F2N3O3. The van der Waals surface area contributed by atoms with E-state index in [9.17, 15) is 23.5 Å². The Kier molecular flexibility index (Phi) is 5.40. The Morgan fingerprint density at radius 3 is 2.59 bits per heavy atom. The first-order chi connectivity index (χ1) is 10.5. The van der Waals surface area contributed by atoms with Crippen molar-refractivity contribution in [3.8, 4) is 0 Å². The van der Waals surface area contributed by atoms with Gasteiger partial charge in [0.25, 0.3) is 0 Å². The van der Waals surface area contributed by atoms with Crippen LogP contribution in [0.25, 0.3) is 0 Å². The molecule has 0 radical (unpaired) electrons. The number of nitrogens with zero attached hydrogens (tertiary/aromatic N) is 1. The first kappa shape index (κ1) is 16.3. The first-order valence-corrected chi connectivity index (χ1v) is 6.90. The Morgan fingerprint density at radius 1 is 1.32 bits per heavy atom. The van der Waals surface area contributed by atoms with Crippen molar-refractivity contribution in [3.63, 3.8) is 0 Å². The monoisotopic (exact) mass is 313 g/mol. The van der Waals surface area contributed by atoms with Gasteiger partial charge in [0.05, 0.1) is 12.1 Å². The topological polar surface area (TPSA) is 81.7 Å². The number of carbonyl (C=O) groups is 2. The number of hydrogen-bond donors (Lipinski definition) is 3. The van der Waals surface area contributed by atoms with Crippen LogP contribution in [0.15, 0.2) is 18.2 Å². The number of anilines is 1. The number of amides is 1. The van der Waals surface area contributed by atoms with E-state index < -0.39 is 29.6 Å². The molecule has 0 aromatic heterocycles. The van der Waals surface area contributed by atoms with Crippen molar-refractivity contribution in [3.05, 3.63) is 29.8 Å². The Bertz CT molecular complexity index is 562. The first-order valence-electron chi connectivity index (χ1n) is 6.90. The van der Waals surface area contributed by atoms with E-state index in [1.54, 1.807) is 4.90 Å². The number of aliphatic carboxylic acids is 1. The minimum absolute atomic E-state index is 0.171. The number of carbonyl (C=O) groups excluding carboxylic acids is 1. The molecule has 0 unspecified atom stereocenters. The van der Waals surface area contributed by atoms with Crippen LogP contribution in [0.4, 0.5) is 14.5 Å². The van der Waals surface area contributed by atoms with E-state index in [4.69, 9.17) is 0 Å². The van der Waals surface area contributed by atoms with Gasteiger partial charge < -0.3 is 15.7 Å². The molecule has 1 aliphatic rings. The number of benzene rings is 1. The molecule has 1 atom stereocenters. The average molecular weight is 313 g/mol. The van der Waals surface area contributed by atoms with Crippen molar-refractivity contribution in [2.45, 2.75) is 12.5 Å². The third-order valence-corrected chi connectivity index (χ3v) is 3.46. The van der Waals surface area contributed by atoms with Gasteiger partial charge in [0.15, 0.2) is 0 Å². The lowest BCUT2D eigenvalue weighted by Crippen LogP contribution is -2.52. The number of carboxylic acids is 1. The molecule has 1 aliphatic heterocycles. The molecular weight excluding hydrogens is 296 g/mol. The van der Waals surface area contributed by atoms with E-state index in [-0.39, 0.29) is 12.1 Å². The van der Waals surface area contributed by atoms with Crippen LogP contribution in [0.1, 0.15) is 6.42 Å². The van der Waals surface area contributed by atoms with Gasteiger partial charge in [-0.1, -0.05) is 0 Å². The summed E-state index contributed by atoms with van der Waals surface area (Å²) >= 11 is 0. The minimum Gasteiger partial charge on any atom is -0.480 e. The number of carboxylic acid groups (broad SMARTS) is 1. The molecule has 120 valence electrons. The second-order valence-corrected chi connectivity index (χ2v) is 5.02. The number of nitrogens with one attached hydrogen (secondary N) is 2. The highest BCUT2D eigenvalue weighted by Gasteiger charge is 2.29. The summed E-state index contributed by atoms with van der Waals surface area (Å²) in [6.07, 6.45) is -0.299.